The van der Waals surface area contributed by atoms with Crippen molar-refractivity contribution >= 4 is 0 Å². The summed E-state index contributed by atoms with van der Waals surface area (Å²) >= 11 is 0. The Bertz CT molecular complexity index is 272. The molecule has 0 aliphatic rings. The SMILES string of the molecule is CCC(C)(O)C(O)Cc1ccccn1. The van der Waals surface area contributed by atoms with Gasteiger partial charge in [0, 0.05) is 18.3 Å². The molecule has 78 valence electrons. The number of hydrogen-bond donors (Lipinski definition) is 2. The van der Waals surface area contributed by atoms with Gasteiger partial charge in [-0.3, -0.25) is 4.98 Å². The van der Waals surface area contributed by atoms with E-state index < -0.39 is 11.7 Å². The van der Waals surface area contributed by atoms with E-state index in [-0.39, 0.29) is 0 Å². The van der Waals surface area contributed by atoms with Crippen LogP contribution in [0.15, 0.2) is 24.4 Å². The smallest absolute Gasteiger partial charge is 0.0879 e. The molecule has 0 saturated heterocycles. The van der Waals surface area contributed by atoms with Crippen LogP contribution in [0.25, 0.3) is 0 Å². The molecule has 0 aliphatic heterocycles. The largest absolute Gasteiger partial charge is 0.390 e. The summed E-state index contributed by atoms with van der Waals surface area (Å²) in [5.41, 5.74) is -0.230. The van der Waals surface area contributed by atoms with E-state index in [4.69, 9.17) is 0 Å². The molecule has 1 aromatic rings. The molecule has 2 atom stereocenters. The quantitative estimate of drug-likeness (QED) is 0.757. The van der Waals surface area contributed by atoms with E-state index >= 15 is 0 Å². The number of aliphatic hydroxyl groups excluding tert-OH is 1. The second-order valence-corrected chi connectivity index (χ2v) is 3.75. The molecule has 0 saturated carbocycles. The number of aliphatic hydroxyl groups is 2. The van der Waals surface area contributed by atoms with Gasteiger partial charge in [-0.1, -0.05) is 13.0 Å². The lowest BCUT2D eigenvalue weighted by atomic mass is 9.93. The number of nitrogens with zero attached hydrogens (tertiary/aromatic N) is 1. The molecular weight excluding hydrogens is 178 g/mol. The van der Waals surface area contributed by atoms with Crippen molar-refractivity contribution in [1.29, 1.82) is 0 Å². The fraction of sp³-hybridized carbons (Fsp3) is 0.545. The molecule has 0 radical (unpaired) electrons. The molecule has 2 N–H and O–H groups in total. The van der Waals surface area contributed by atoms with Crippen molar-refractivity contribution in [3.8, 4) is 0 Å². The molecule has 1 aromatic heterocycles. The van der Waals surface area contributed by atoms with Gasteiger partial charge in [0.2, 0.25) is 0 Å². The summed E-state index contributed by atoms with van der Waals surface area (Å²) in [6.07, 6.45) is 1.84. The Morgan fingerprint density at radius 2 is 2.21 bits per heavy atom. The lowest BCUT2D eigenvalue weighted by Gasteiger charge is -2.27. The van der Waals surface area contributed by atoms with Gasteiger partial charge in [0.15, 0.2) is 0 Å². The van der Waals surface area contributed by atoms with Crippen LogP contribution in [0.4, 0.5) is 0 Å². The number of hydrogen-bond acceptors (Lipinski definition) is 3. The van der Waals surface area contributed by atoms with Crippen molar-refractivity contribution in [3.05, 3.63) is 30.1 Å². The minimum absolute atomic E-state index is 0.391. The highest BCUT2D eigenvalue weighted by molar-refractivity contribution is 5.06. The zero-order chi connectivity index (χ0) is 10.6. The van der Waals surface area contributed by atoms with Gasteiger partial charge in [-0.25, -0.2) is 0 Å². The Kier molecular flexibility index (Phi) is 3.61. The molecule has 2 unspecified atom stereocenters. The average Bonchev–Trinajstić information content (AvgIpc) is 2.19. The van der Waals surface area contributed by atoms with E-state index in [1.165, 1.54) is 0 Å². The monoisotopic (exact) mass is 195 g/mol. The summed E-state index contributed by atoms with van der Waals surface area (Å²) in [4.78, 5) is 4.10. The third-order valence-electron chi connectivity index (χ3n) is 2.56. The van der Waals surface area contributed by atoms with Crippen molar-refractivity contribution < 1.29 is 10.2 Å². The van der Waals surface area contributed by atoms with Crippen molar-refractivity contribution in [2.24, 2.45) is 0 Å². The molecule has 3 heteroatoms. The van der Waals surface area contributed by atoms with Crippen molar-refractivity contribution in [3.63, 3.8) is 0 Å². The third-order valence-corrected chi connectivity index (χ3v) is 2.56. The molecule has 0 aromatic carbocycles. The molecule has 0 aliphatic carbocycles. The number of rotatable bonds is 4. The first kappa shape index (κ1) is 11.1. The van der Waals surface area contributed by atoms with Gasteiger partial charge in [0.1, 0.15) is 0 Å². The van der Waals surface area contributed by atoms with E-state index in [0.717, 1.165) is 5.69 Å². The Labute approximate surface area is 84.4 Å². The molecule has 1 heterocycles. The van der Waals surface area contributed by atoms with Crippen LogP contribution < -0.4 is 0 Å². The van der Waals surface area contributed by atoms with E-state index in [0.29, 0.717) is 12.8 Å². The van der Waals surface area contributed by atoms with Crippen LogP contribution in [0.1, 0.15) is 26.0 Å². The highest BCUT2D eigenvalue weighted by atomic mass is 16.3. The maximum Gasteiger partial charge on any atom is 0.0879 e. The van der Waals surface area contributed by atoms with Crippen LogP contribution in [-0.2, 0) is 6.42 Å². The Morgan fingerprint density at radius 1 is 1.50 bits per heavy atom. The molecule has 0 fully saturated rings. The van der Waals surface area contributed by atoms with E-state index in [9.17, 15) is 10.2 Å². The summed E-state index contributed by atoms with van der Waals surface area (Å²) in [5, 5.41) is 19.5. The molecule has 3 nitrogen and oxygen atoms in total. The summed E-state index contributed by atoms with van der Waals surface area (Å²) < 4.78 is 0. The van der Waals surface area contributed by atoms with Gasteiger partial charge in [-0.2, -0.15) is 0 Å². The molecule has 0 spiro atoms. The maximum absolute atomic E-state index is 9.78. The lowest BCUT2D eigenvalue weighted by molar-refractivity contribution is -0.0633. The minimum Gasteiger partial charge on any atom is -0.390 e. The summed E-state index contributed by atoms with van der Waals surface area (Å²) in [6, 6.07) is 5.54. The topological polar surface area (TPSA) is 53.4 Å². The van der Waals surface area contributed by atoms with Crippen LogP contribution in [0, 0.1) is 0 Å². The first-order chi connectivity index (χ1) is 6.56. The summed E-state index contributed by atoms with van der Waals surface area (Å²) in [6.45, 7) is 3.49. The first-order valence-corrected chi connectivity index (χ1v) is 4.86. The van der Waals surface area contributed by atoms with Gasteiger partial charge in [0.25, 0.3) is 0 Å². The predicted octanol–water partition coefficient (Wildman–Crippen LogP) is 1.15. The normalized spacial score (nSPS) is 17.4. The zero-order valence-corrected chi connectivity index (χ0v) is 8.64. The maximum atomic E-state index is 9.78. The second kappa shape index (κ2) is 4.53. The first-order valence-electron chi connectivity index (χ1n) is 4.86. The van der Waals surface area contributed by atoms with E-state index in [1.807, 2.05) is 25.1 Å². The third kappa shape index (κ3) is 2.79. The van der Waals surface area contributed by atoms with Gasteiger partial charge < -0.3 is 10.2 Å². The van der Waals surface area contributed by atoms with Gasteiger partial charge >= 0.3 is 0 Å². The van der Waals surface area contributed by atoms with E-state index in [1.54, 1.807) is 13.1 Å². The predicted molar refractivity (Wildman–Crippen MR) is 54.9 cm³/mol. The van der Waals surface area contributed by atoms with Gasteiger partial charge in [0.05, 0.1) is 11.7 Å². The second-order valence-electron chi connectivity index (χ2n) is 3.75. The molecular formula is C11H17NO2. The lowest BCUT2D eigenvalue weighted by Crippen LogP contribution is -2.40. The zero-order valence-electron chi connectivity index (χ0n) is 8.64. The average molecular weight is 195 g/mol. The van der Waals surface area contributed by atoms with Crippen LogP contribution >= 0.6 is 0 Å². The van der Waals surface area contributed by atoms with Crippen LogP contribution in [0.2, 0.25) is 0 Å². The summed E-state index contributed by atoms with van der Waals surface area (Å²) in [5.74, 6) is 0. The van der Waals surface area contributed by atoms with Gasteiger partial charge in [-0.05, 0) is 25.5 Å². The van der Waals surface area contributed by atoms with Crippen molar-refractivity contribution in [2.75, 3.05) is 0 Å². The Hall–Kier alpha value is -0.930. The number of pyridine rings is 1. The Morgan fingerprint density at radius 3 is 2.71 bits per heavy atom. The fourth-order valence-corrected chi connectivity index (χ4v) is 1.17. The molecule has 14 heavy (non-hydrogen) atoms. The molecule has 0 bridgehead atoms. The van der Waals surface area contributed by atoms with Crippen LogP contribution in [0.3, 0.4) is 0 Å². The van der Waals surface area contributed by atoms with Crippen molar-refractivity contribution in [2.45, 2.75) is 38.4 Å². The highest BCUT2D eigenvalue weighted by Gasteiger charge is 2.28. The fourth-order valence-electron chi connectivity index (χ4n) is 1.17. The van der Waals surface area contributed by atoms with Crippen LogP contribution in [0.5, 0.6) is 0 Å². The van der Waals surface area contributed by atoms with Gasteiger partial charge in [-0.15, -0.1) is 0 Å². The summed E-state index contributed by atoms with van der Waals surface area (Å²) in [7, 11) is 0. The standard InChI is InChI=1S/C11H17NO2/c1-3-11(2,14)10(13)8-9-6-4-5-7-12-9/h4-7,10,13-14H,3,8H2,1-2H3. The number of aromatic nitrogens is 1. The van der Waals surface area contributed by atoms with Crippen molar-refractivity contribution in [1.82, 2.24) is 4.98 Å². The molecule has 0 amide bonds. The van der Waals surface area contributed by atoms with E-state index in [2.05, 4.69) is 4.98 Å². The molecule has 1 rings (SSSR count). The highest BCUT2D eigenvalue weighted by Crippen LogP contribution is 2.17. The van der Waals surface area contributed by atoms with Crippen LogP contribution in [-0.4, -0.2) is 26.9 Å². The minimum atomic E-state index is -1.03. The Balaban J connectivity index is 2.62.